The van der Waals surface area contributed by atoms with Crippen LogP contribution < -0.4 is 10.1 Å². The molecule has 1 rings (SSSR count). The largest absolute Gasteiger partial charge is 0.481 e. The predicted molar refractivity (Wildman–Crippen MR) is 92.3 cm³/mol. The van der Waals surface area contributed by atoms with Crippen molar-refractivity contribution in [3.63, 3.8) is 0 Å². The van der Waals surface area contributed by atoms with Crippen LogP contribution in [-0.2, 0) is 10.2 Å². The van der Waals surface area contributed by atoms with Crippen LogP contribution in [-0.4, -0.2) is 18.1 Å². The van der Waals surface area contributed by atoms with Gasteiger partial charge in [-0.2, -0.15) is 0 Å². The number of rotatable bonds is 6. The van der Waals surface area contributed by atoms with Crippen LogP contribution in [0.3, 0.4) is 0 Å². The van der Waals surface area contributed by atoms with Gasteiger partial charge in [0.05, 0.1) is 0 Å². The maximum atomic E-state index is 12.3. The van der Waals surface area contributed by atoms with Gasteiger partial charge in [0.25, 0.3) is 5.91 Å². The lowest BCUT2D eigenvalue weighted by atomic mass is 9.87. The highest BCUT2D eigenvalue weighted by atomic mass is 16.5. The van der Waals surface area contributed by atoms with Crippen LogP contribution in [0.15, 0.2) is 24.3 Å². The Labute approximate surface area is 135 Å². The Morgan fingerprint density at radius 2 is 1.68 bits per heavy atom. The van der Waals surface area contributed by atoms with Gasteiger partial charge in [-0.3, -0.25) is 4.79 Å². The van der Waals surface area contributed by atoms with E-state index in [-0.39, 0.29) is 17.4 Å². The fraction of sp³-hybridized carbons (Fsp3) is 0.632. The normalized spacial score (nSPS) is 14.5. The molecule has 1 aromatic rings. The molecule has 0 saturated carbocycles. The fourth-order valence-electron chi connectivity index (χ4n) is 2.00. The van der Waals surface area contributed by atoms with Crippen molar-refractivity contribution in [3.05, 3.63) is 29.8 Å². The number of nitrogens with one attached hydrogen (secondary N) is 1. The summed E-state index contributed by atoms with van der Waals surface area (Å²) in [4.78, 5) is 12.3. The van der Waals surface area contributed by atoms with E-state index in [1.165, 1.54) is 5.56 Å². The molecular formula is C19H31NO2. The van der Waals surface area contributed by atoms with E-state index in [2.05, 4.69) is 52.1 Å². The van der Waals surface area contributed by atoms with Crippen molar-refractivity contribution in [2.45, 2.75) is 72.4 Å². The second-order valence-electron chi connectivity index (χ2n) is 7.33. The Morgan fingerprint density at radius 3 is 2.09 bits per heavy atom. The van der Waals surface area contributed by atoms with Crippen molar-refractivity contribution < 1.29 is 9.53 Å². The van der Waals surface area contributed by atoms with Crippen LogP contribution in [0, 0.1) is 5.92 Å². The monoisotopic (exact) mass is 305 g/mol. The van der Waals surface area contributed by atoms with E-state index in [0.717, 1.165) is 5.75 Å². The fourth-order valence-corrected chi connectivity index (χ4v) is 2.00. The van der Waals surface area contributed by atoms with Crippen molar-refractivity contribution in [3.8, 4) is 5.75 Å². The summed E-state index contributed by atoms with van der Waals surface area (Å²) in [6.07, 6.45) is 0.208. The molecule has 0 radical (unpaired) electrons. The minimum atomic E-state index is -0.443. The summed E-state index contributed by atoms with van der Waals surface area (Å²) in [6.45, 7) is 14.7. The number of benzene rings is 1. The van der Waals surface area contributed by atoms with E-state index in [1.807, 2.05) is 26.0 Å². The first-order chi connectivity index (χ1) is 10.1. The van der Waals surface area contributed by atoms with Crippen LogP contribution in [0.4, 0.5) is 0 Å². The molecule has 0 aliphatic heterocycles. The van der Waals surface area contributed by atoms with Gasteiger partial charge >= 0.3 is 0 Å². The smallest absolute Gasteiger partial charge is 0.261 e. The van der Waals surface area contributed by atoms with Gasteiger partial charge in [0, 0.05) is 6.04 Å². The highest BCUT2D eigenvalue weighted by molar-refractivity contribution is 5.81. The van der Waals surface area contributed by atoms with Crippen LogP contribution in [0.25, 0.3) is 0 Å². The summed E-state index contributed by atoms with van der Waals surface area (Å²) in [6, 6.07) is 8.17. The molecule has 22 heavy (non-hydrogen) atoms. The molecule has 0 aliphatic carbocycles. The Balaban J connectivity index is 2.72. The van der Waals surface area contributed by atoms with Gasteiger partial charge < -0.3 is 10.1 Å². The molecule has 0 saturated heterocycles. The molecule has 124 valence electrons. The molecule has 3 nitrogen and oxygen atoms in total. The Hall–Kier alpha value is -1.51. The summed E-state index contributed by atoms with van der Waals surface area (Å²) in [7, 11) is 0. The van der Waals surface area contributed by atoms with Crippen molar-refractivity contribution in [1.82, 2.24) is 5.32 Å². The number of hydrogen-bond donors (Lipinski definition) is 1. The zero-order valence-corrected chi connectivity index (χ0v) is 15.1. The molecule has 2 atom stereocenters. The number of amides is 1. The standard InChI is InChI=1S/C19H31NO2/c1-8-17(18(21)20-14(4)13(2)3)22-16-11-9-15(10-12-16)19(5,6)7/h9-14,17H,8H2,1-7H3,(H,20,21)/t14-,17+/m1/s1. The average molecular weight is 305 g/mol. The first-order valence-corrected chi connectivity index (χ1v) is 8.22. The summed E-state index contributed by atoms with van der Waals surface area (Å²) < 4.78 is 5.86. The second kappa shape index (κ2) is 7.66. The molecule has 0 unspecified atom stereocenters. The van der Waals surface area contributed by atoms with Crippen LogP contribution >= 0.6 is 0 Å². The Morgan fingerprint density at radius 1 is 1.14 bits per heavy atom. The van der Waals surface area contributed by atoms with E-state index in [0.29, 0.717) is 12.3 Å². The Bertz CT molecular complexity index is 471. The average Bonchev–Trinajstić information content (AvgIpc) is 2.43. The van der Waals surface area contributed by atoms with Crippen molar-refractivity contribution in [1.29, 1.82) is 0 Å². The van der Waals surface area contributed by atoms with Gasteiger partial charge in [0.15, 0.2) is 6.10 Å². The molecule has 0 aromatic heterocycles. The molecule has 0 bridgehead atoms. The van der Waals surface area contributed by atoms with E-state index >= 15 is 0 Å². The third kappa shape index (κ3) is 5.36. The van der Waals surface area contributed by atoms with Gasteiger partial charge in [0.2, 0.25) is 0 Å². The number of hydrogen-bond acceptors (Lipinski definition) is 2. The maximum Gasteiger partial charge on any atom is 0.261 e. The maximum absolute atomic E-state index is 12.3. The molecule has 1 N–H and O–H groups in total. The zero-order chi connectivity index (χ0) is 16.9. The molecular weight excluding hydrogens is 274 g/mol. The summed E-state index contributed by atoms with van der Waals surface area (Å²) in [5.74, 6) is 1.11. The number of carbonyl (C=O) groups is 1. The van der Waals surface area contributed by atoms with Gasteiger partial charge in [-0.15, -0.1) is 0 Å². The Kier molecular flexibility index (Phi) is 6.46. The van der Waals surface area contributed by atoms with Gasteiger partial charge in [-0.05, 0) is 42.4 Å². The zero-order valence-electron chi connectivity index (χ0n) is 15.1. The lowest BCUT2D eigenvalue weighted by Crippen LogP contribution is -2.44. The lowest BCUT2D eigenvalue weighted by molar-refractivity contribution is -0.129. The van der Waals surface area contributed by atoms with E-state index < -0.39 is 6.10 Å². The highest BCUT2D eigenvalue weighted by Crippen LogP contribution is 2.24. The van der Waals surface area contributed by atoms with Gasteiger partial charge in [-0.1, -0.05) is 53.7 Å². The van der Waals surface area contributed by atoms with Crippen molar-refractivity contribution in [2.24, 2.45) is 5.92 Å². The van der Waals surface area contributed by atoms with Gasteiger partial charge in [-0.25, -0.2) is 0 Å². The molecule has 0 spiro atoms. The third-order valence-corrected chi connectivity index (χ3v) is 4.03. The summed E-state index contributed by atoms with van der Waals surface area (Å²) in [5.41, 5.74) is 1.37. The molecule has 0 fully saturated rings. The van der Waals surface area contributed by atoms with E-state index in [1.54, 1.807) is 0 Å². The van der Waals surface area contributed by atoms with Gasteiger partial charge in [0.1, 0.15) is 5.75 Å². The molecule has 0 heterocycles. The predicted octanol–water partition coefficient (Wildman–Crippen LogP) is 4.30. The van der Waals surface area contributed by atoms with Crippen LogP contribution in [0.2, 0.25) is 0 Å². The van der Waals surface area contributed by atoms with Crippen molar-refractivity contribution >= 4 is 5.91 Å². The molecule has 0 aliphatic rings. The lowest BCUT2D eigenvalue weighted by Gasteiger charge is -2.23. The molecule has 3 heteroatoms. The quantitative estimate of drug-likeness (QED) is 0.851. The summed E-state index contributed by atoms with van der Waals surface area (Å²) >= 11 is 0. The van der Waals surface area contributed by atoms with E-state index in [4.69, 9.17) is 4.74 Å². The van der Waals surface area contributed by atoms with Crippen LogP contribution in [0.1, 0.15) is 60.5 Å². The number of carbonyl (C=O) groups excluding carboxylic acids is 1. The second-order valence-corrected chi connectivity index (χ2v) is 7.33. The molecule has 1 amide bonds. The topological polar surface area (TPSA) is 38.3 Å². The van der Waals surface area contributed by atoms with Crippen LogP contribution in [0.5, 0.6) is 5.75 Å². The highest BCUT2D eigenvalue weighted by Gasteiger charge is 2.21. The minimum absolute atomic E-state index is 0.0383. The third-order valence-electron chi connectivity index (χ3n) is 4.03. The summed E-state index contributed by atoms with van der Waals surface area (Å²) in [5, 5.41) is 3.02. The minimum Gasteiger partial charge on any atom is -0.481 e. The van der Waals surface area contributed by atoms with Crippen molar-refractivity contribution in [2.75, 3.05) is 0 Å². The first kappa shape index (κ1) is 18.5. The van der Waals surface area contributed by atoms with E-state index in [9.17, 15) is 4.79 Å². The first-order valence-electron chi connectivity index (χ1n) is 8.22. The molecule has 1 aromatic carbocycles. The number of ether oxygens (including phenoxy) is 1. The SMILES string of the molecule is CC[C@H](Oc1ccc(C(C)(C)C)cc1)C(=O)N[C@H](C)C(C)C.